The van der Waals surface area contributed by atoms with Crippen LogP contribution in [0.3, 0.4) is 0 Å². The summed E-state index contributed by atoms with van der Waals surface area (Å²) < 4.78 is 6.45. The maximum Gasteiger partial charge on any atom is 0.360 e. The van der Waals surface area contributed by atoms with E-state index in [2.05, 4.69) is 92.7 Å². The second-order valence-corrected chi connectivity index (χ2v) is 11.5. The second kappa shape index (κ2) is 12.4. The van der Waals surface area contributed by atoms with Crippen LogP contribution in [0.15, 0.2) is 58.6 Å². The lowest BCUT2D eigenvalue weighted by molar-refractivity contribution is 0.0225. The van der Waals surface area contributed by atoms with Crippen LogP contribution in [0.25, 0.3) is 0 Å². The summed E-state index contributed by atoms with van der Waals surface area (Å²) in [7, 11) is 0. The molecule has 0 radical (unpaired) electrons. The molecule has 1 aromatic heterocycles. The second-order valence-electron chi connectivity index (χ2n) is 8.90. The summed E-state index contributed by atoms with van der Waals surface area (Å²) in [6.07, 6.45) is 3.22. The van der Waals surface area contributed by atoms with Gasteiger partial charge in [-0.3, -0.25) is 4.98 Å². The normalized spacial score (nSPS) is 13.8. The van der Waals surface area contributed by atoms with E-state index in [1.807, 2.05) is 0 Å². The minimum absolute atomic E-state index is 0.285. The summed E-state index contributed by atoms with van der Waals surface area (Å²) in [6.45, 7) is 16.7. The Balaban J connectivity index is 2.04. The van der Waals surface area contributed by atoms with Crippen LogP contribution < -0.4 is 9.80 Å². The number of anilines is 2. The van der Waals surface area contributed by atoms with Gasteiger partial charge in [-0.05, 0) is 63.5 Å². The molecule has 202 valence electrons. The molecule has 0 atom stereocenters. The molecule has 0 unspecified atom stereocenters. The first kappa shape index (κ1) is 28.3. The molecule has 0 saturated heterocycles. The van der Waals surface area contributed by atoms with Crippen LogP contribution >= 0.6 is 23.5 Å². The Kier molecular flexibility index (Phi) is 9.26. The number of rotatable bonds is 12. The number of benzene rings is 2. The largest absolute Gasteiger partial charge is 0.438 e. The molecule has 6 nitrogen and oxygen atoms in total. The lowest BCUT2D eigenvalue weighted by atomic mass is 9.83. The predicted octanol–water partition coefficient (Wildman–Crippen LogP) is 6.86. The van der Waals surface area contributed by atoms with E-state index in [0.29, 0.717) is 5.69 Å². The molecular formula is C30H38N4O2S2. The van der Waals surface area contributed by atoms with E-state index < -0.39 is 11.6 Å². The van der Waals surface area contributed by atoms with Crippen LogP contribution in [0.1, 0.15) is 68.9 Å². The molecule has 4 rings (SSSR count). The van der Waals surface area contributed by atoms with Crippen LogP contribution in [0.4, 0.5) is 11.4 Å². The van der Waals surface area contributed by atoms with Crippen molar-refractivity contribution in [2.45, 2.75) is 56.9 Å². The molecule has 0 N–H and O–H groups in total. The Morgan fingerprint density at radius 1 is 0.737 bits per heavy atom. The van der Waals surface area contributed by atoms with Gasteiger partial charge in [-0.25, -0.2) is 9.78 Å². The van der Waals surface area contributed by atoms with Crippen LogP contribution in [0, 0.1) is 0 Å². The molecule has 2 aromatic carbocycles. The SMILES string of the molecule is CCSc1cc(N(CC)CC)ccc1C1(c2ccc(N(CC)CC)cc2SCC)OC(=O)c2nccnc21. The molecule has 3 aromatic rings. The molecule has 0 saturated carbocycles. The van der Waals surface area contributed by atoms with Crippen LogP contribution in [0.5, 0.6) is 0 Å². The van der Waals surface area contributed by atoms with Crippen molar-refractivity contribution in [3.8, 4) is 0 Å². The van der Waals surface area contributed by atoms with Gasteiger partial charge in [0.25, 0.3) is 0 Å². The summed E-state index contributed by atoms with van der Waals surface area (Å²) in [6, 6.07) is 13.0. The van der Waals surface area contributed by atoms with Crippen LogP contribution in [0.2, 0.25) is 0 Å². The molecule has 1 aliphatic rings. The third kappa shape index (κ3) is 5.00. The fraction of sp³-hybridized carbons (Fsp3) is 0.433. The third-order valence-electron chi connectivity index (χ3n) is 7.02. The van der Waals surface area contributed by atoms with Gasteiger partial charge in [0.15, 0.2) is 5.69 Å². The number of fused-ring (bicyclic) bond motifs is 1. The number of esters is 1. The Morgan fingerprint density at radius 2 is 1.21 bits per heavy atom. The van der Waals surface area contributed by atoms with Crippen molar-refractivity contribution in [1.82, 2.24) is 9.97 Å². The highest BCUT2D eigenvalue weighted by Crippen LogP contribution is 2.51. The molecule has 0 fully saturated rings. The number of thioether (sulfide) groups is 2. The van der Waals surface area contributed by atoms with Crippen molar-refractivity contribution in [3.05, 3.63) is 71.3 Å². The zero-order valence-corrected chi connectivity index (χ0v) is 24.9. The summed E-state index contributed by atoms with van der Waals surface area (Å²) in [5, 5.41) is 0. The van der Waals surface area contributed by atoms with E-state index in [0.717, 1.165) is 70.0 Å². The monoisotopic (exact) mass is 550 g/mol. The number of cyclic esters (lactones) is 1. The van der Waals surface area contributed by atoms with Gasteiger partial charge < -0.3 is 14.5 Å². The van der Waals surface area contributed by atoms with E-state index in [4.69, 9.17) is 9.72 Å². The average Bonchev–Trinajstić information content (AvgIpc) is 3.24. The number of hydrogen-bond donors (Lipinski definition) is 0. The first-order chi connectivity index (χ1) is 18.5. The Morgan fingerprint density at radius 3 is 1.66 bits per heavy atom. The van der Waals surface area contributed by atoms with Crippen molar-refractivity contribution < 1.29 is 9.53 Å². The lowest BCUT2D eigenvalue weighted by Gasteiger charge is -2.34. The van der Waals surface area contributed by atoms with E-state index in [-0.39, 0.29) is 5.69 Å². The molecule has 1 aliphatic heterocycles. The maximum absolute atomic E-state index is 13.3. The zero-order valence-electron chi connectivity index (χ0n) is 23.3. The predicted molar refractivity (Wildman–Crippen MR) is 160 cm³/mol. The quantitative estimate of drug-likeness (QED) is 0.179. The minimum atomic E-state index is -1.18. The van der Waals surface area contributed by atoms with Crippen molar-refractivity contribution in [1.29, 1.82) is 0 Å². The Labute approximate surface area is 235 Å². The summed E-state index contributed by atoms with van der Waals surface area (Å²) in [4.78, 5) is 29.4. The summed E-state index contributed by atoms with van der Waals surface area (Å²) >= 11 is 3.53. The van der Waals surface area contributed by atoms with Crippen LogP contribution in [-0.2, 0) is 10.3 Å². The van der Waals surface area contributed by atoms with E-state index in [1.165, 1.54) is 0 Å². The fourth-order valence-corrected chi connectivity index (χ4v) is 6.98. The number of nitrogens with zero attached hydrogens (tertiary/aromatic N) is 4. The standard InChI is InChI=1S/C30H38N4O2S2/c1-7-33(8-2)21-13-15-23(25(19-21)37-11-5)30(28-27(29(35)36-30)31-17-18-32-28)24-16-14-22(34(9-3)10-4)20-26(24)38-12-6/h13-20H,7-12H2,1-6H3. The van der Waals surface area contributed by atoms with Crippen molar-refractivity contribution in [2.75, 3.05) is 47.5 Å². The molecule has 38 heavy (non-hydrogen) atoms. The van der Waals surface area contributed by atoms with Gasteiger partial charge in [-0.1, -0.05) is 26.0 Å². The van der Waals surface area contributed by atoms with Crippen molar-refractivity contribution >= 4 is 40.9 Å². The zero-order chi connectivity index (χ0) is 27.3. The Hall–Kier alpha value is -2.71. The molecule has 0 aliphatic carbocycles. The van der Waals surface area contributed by atoms with Gasteiger partial charge >= 0.3 is 5.97 Å². The smallest absolute Gasteiger partial charge is 0.360 e. The summed E-state index contributed by atoms with van der Waals surface area (Å²) in [5.41, 5.74) is 3.85. The fourth-order valence-electron chi connectivity index (χ4n) is 5.22. The highest BCUT2D eigenvalue weighted by molar-refractivity contribution is 7.99. The average molecular weight is 551 g/mol. The maximum atomic E-state index is 13.3. The van der Waals surface area contributed by atoms with Gasteiger partial charge in [0.05, 0.1) is 0 Å². The molecule has 0 bridgehead atoms. The summed E-state index contributed by atoms with van der Waals surface area (Å²) in [5.74, 6) is 1.35. The minimum Gasteiger partial charge on any atom is -0.438 e. The van der Waals surface area contributed by atoms with Crippen molar-refractivity contribution in [2.24, 2.45) is 0 Å². The number of carbonyl (C=O) groups excluding carboxylic acids is 1. The van der Waals surface area contributed by atoms with Gasteiger partial charge in [0.1, 0.15) is 5.69 Å². The first-order valence-electron chi connectivity index (χ1n) is 13.6. The Bertz CT molecular complexity index is 1210. The molecule has 0 amide bonds. The van der Waals surface area contributed by atoms with E-state index in [9.17, 15) is 4.79 Å². The lowest BCUT2D eigenvalue weighted by Crippen LogP contribution is -2.32. The third-order valence-corrected chi connectivity index (χ3v) is 8.89. The van der Waals surface area contributed by atoms with Crippen molar-refractivity contribution in [3.63, 3.8) is 0 Å². The first-order valence-corrected chi connectivity index (χ1v) is 15.5. The van der Waals surface area contributed by atoms with Gasteiger partial charge in [0, 0.05) is 70.9 Å². The molecule has 8 heteroatoms. The number of ether oxygens (including phenoxy) is 1. The van der Waals surface area contributed by atoms with Gasteiger partial charge in [0.2, 0.25) is 5.60 Å². The van der Waals surface area contributed by atoms with Gasteiger partial charge in [-0.15, -0.1) is 23.5 Å². The number of carbonyl (C=O) groups is 1. The van der Waals surface area contributed by atoms with Crippen LogP contribution in [-0.4, -0.2) is 53.6 Å². The topological polar surface area (TPSA) is 58.6 Å². The highest BCUT2D eigenvalue weighted by Gasteiger charge is 2.53. The van der Waals surface area contributed by atoms with Gasteiger partial charge in [-0.2, -0.15) is 0 Å². The number of aromatic nitrogens is 2. The molecule has 0 spiro atoms. The molecular weight excluding hydrogens is 512 g/mol. The highest BCUT2D eigenvalue weighted by atomic mass is 32.2. The number of hydrogen-bond acceptors (Lipinski definition) is 8. The molecule has 2 heterocycles. The van der Waals surface area contributed by atoms with E-state index >= 15 is 0 Å². The van der Waals surface area contributed by atoms with E-state index in [1.54, 1.807) is 35.9 Å².